The maximum absolute atomic E-state index is 14.1. The zero-order chi connectivity index (χ0) is 29.2. The Kier molecular flexibility index (Phi) is 8.88. The topological polar surface area (TPSA) is 183 Å². The highest BCUT2D eigenvalue weighted by Crippen LogP contribution is 2.49. The van der Waals surface area contributed by atoms with Crippen LogP contribution in [0.4, 0.5) is 0 Å². The van der Waals surface area contributed by atoms with Crippen LogP contribution < -0.4 is 15.3 Å². The van der Waals surface area contributed by atoms with E-state index in [0.29, 0.717) is 6.42 Å². The Bertz CT molecular complexity index is 1250. The van der Waals surface area contributed by atoms with Crippen molar-refractivity contribution in [1.82, 2.24) is 14.6 Å². The molecule has 2 aliphatic heterocycles. The Hall–Kier alpha value is -3.00. The second kappa shape index (κ2) is 11.9. The summed E-state index contributed by atoms with van der Waals surface area (Å²) in [6.45, 7) is 6.91. The number of fused-ring (bicyclic) bond motifs is 1. The van der Waals surface area contributed by atoms with E-state index in [4.69, 9.17) is 33.7 Å². The van der Waals surface area contributed by atoms with Gasteiger partial charge in [0.25, 0.3) is 5.91 Å². The van der Waals surface area contributed by atoms with Crippen molar-refractivity contribution in [3.63, 3.8) is 0 Å². The number of carbonyl (C=O) groups excluding carboxylic acids is 2. The van der Waals surface area contributed by atoms with Crippen molar-refractivity contribution in [2.45, 2.75) is 70.5 Å². The molecule has 2 aromatic rings. The molecule has 2 fully saturated rings. The van der Waals surface area contributed by atoms with Gasteiger partial charge in [0.15, 0.2) is 17.7 Å². The quantitative estimate of drug-likeness (QED) is 0.246. The van der Waals surface area contributed by atoms with Crippen molar-refractivity contribution >= 4 is 19.6 Å². The highest BCUT2D eigenvalue weighted by Gasteiger charge is 2.57. The van der Waals surface area contributed by atoms with Gasteiger partial charge in [0, 0.05) is 0 Å². The van der Waals surface area contributed by atoms with Crippen LogP contribution in [0.25, 0.3) is 0 Å². The van der Waals surface area contributed by atoms with Gasteiger partial charge in [-0.1, -0.05) is 32.0 Å². The highest BCUT2D eigenvalue weighted by atomic mass is 31.2. The second-order valence-corrected chi connectivity index (χ2v) is 12.0. The normalized spacial score (nSPS) is 25.8. The lowest BCUT2D eigenvalue weighted by Gasteiger charge is -2.27. The van der Waals surface area contributed by atoms with Gasteiger partial charge in [-0.15, -0.1) is 0 Å². The number of primary amides is 1. The lowest BCUT2D eigenvalue weighted by Crippen LogP contribution is -2.39. The average Bonchev–Trinajstić information content (AvgIpc) is 3.52. The van der Waals surface area contributed by atoms with Crippen molar-refractivity contribution in [2.75, 3.05) is 13.7 Å². The molecular formula is C25H35N4O10P. The van der Waals surface area contributed by atoms with Crippen molar-refractivity contribution in [3.8, 4) is 11.6 Å². The number of aromatic nitrogens is 2. The Morgan fingerprint density at radius 1 is 1.23 bits per heavy atom. The molecule has 2 unspecified atom stereocenters. The molecule has 3 heterocycles. The lowest BCUT2D eigenvalue weighted by atomic mass is 10.1. The number of methoxy groups -OCH3 is 1. The van der Waals surface area contributed by atoms with Gasteiger partial charge in [-0.25, -0.2) is 9.55 Å². The van der Waals surface area contributed by atoms with Crippen LogP contribution in [0, 0.1) is 5.92 Å². The van der Waals surface area contributed by atoms with Gasteiger partial charge in [0.05, 0.1) is 13.7 Å². The standard InChI is InChI=1S/C25H35N4O10P/c1-14(2)11-16(24(32)34-5)28-40(33,39-15-9-7-6-8-10-15)35-12-17-19-20(38-25(3,4)37-19)23(36-17)29-13-27-18(21(26)30)22(29)31/h6-10,13-14,16-17,19-20,23,31H,11-12H2,1-5H3,(H2,26,30)(H,28,33)/t16-,17+,19?,20+,23+,40?/m0/s1. The van der Waals surface area contributed by atoms with Gasteiger partial charge in [0.2, 0.25) is 5.88 Å². The second-order valence-electron chi connectivity index (χ2n) is 10.4. The summed E-state index contributed by atoms with van der Waals surface area (Å²) >= 11 is 0. The molecule has 40 heavy (non-hydrogen) atoms. The highest BCUT2D eigenvalue weighted by molar-refractivity contribution is 7.52. The predicted molar refractivity (Wildman–Crippen MR) is 139 cm³/mol. The zero-order valence-corrected chi connectivity index (χ0v) is 23.8. The summed E-state index contributed by atoms with van der Waals surface area (Å²) in [5.41, 5.74) is 4.96. The molecule has 6 atom stereocenters. The van der Waals surface area contributed by atoms with E-state index < -0.39 is 61.9 Å². The summed E-state index contributed by atoms with van der Waals surface area (Å²) in [5.74, 6) is -2.75. The van der Waals surface area contributed by atoms with Crippen LogP contribution in [0.2, 0.25) is 0 Å². The van der Waals surface area contributed by atoms with Gasteiger partial charge < -0.3 is 34.3 Å². The molecule has 220 valence electrons. The third kappa shape index (κ3) is 6.65. The number of nitrogens with two attached hydrogens (primary N) is 1. The fraction of sp³-hybridized carbons (Fsp3) is 0.560. The molecule has 4 rings (SSSR count). The number of imidazole rings is 1. The molecule has 0 bridgehead atoms. The first kappa shape index (κ1) is 30.0. The number of carbonyl (C=O) groups is 2. The number of ether oxygens (including phenoxy) is 4. The van der Waals surface area contributed by atoms with Crippen LogP contribution in [0.3, 0.4) is 0 Å². The summed E-state index contributed by atoms with van der Waals surface area (Å²) in [7, 11) is -2.97. The molecule has 1 aromatic heterocycles. The molecule has 1 amide bonds. The summed E-state index contributed by atoms with van der Waals surface area (Å²) in [5, 5.41) is 13.3. The maximum atomic E-state index is 14.1. The molecular weight excluding hydrogens is 547 g/mol. The van der Waals surface area contributed by atoms with Crippen LogP contribution >= 0.6 is 7.75 Å². The molecule has 4 N–H and O–H groups in total. The number of nitrogens with one attached hydrogen (secondary N) is 1. The number of esters is 1. The molecule has 1 aromatic carbocycles. The maximum Gasteiger partial charge on any atom is 0.459 e. The van der Waals surface area contributed by atoms with Crippen LogP contribution in [-0.2, 0) is 32.8 Å². The molecule has 2 saturated heterocycles. The first-order valence-electron chi connectivity index (χ1n) is 12.7. The number of nitrogens with zero attached hydrogens (tertiary/aromatic N) is 2. The van der Waals surface area contributed by atoms with E-state index in [-0.39, 0.29) is 24.0 Å². The van der Waals surface area contributed by atoms with Gasteiger partial charge in [-0.05, 0) is 38.3 Å². The van der Waals surface area contributed by atoms with E-state index in [1.165, 1.54) is 18.0 Å². The predicted octanol–water partition coefficient (Wildman–Crippen LogP) is 2.49. The van der Waals surface area contributed by atoms with Gasteiger partial charge in [0.1, 0.15) is 36.4 Å². The van der Waals surface area contributed by atoms with E-state index >= 15 is 0 Å². The van der Waals surface area contributed by atoms with E-state index in [1.54, 1.807) is 44.2 Å². The molecule has 14 nitrogen and oxygen atoms in total. The van der Waals surface area contributed by atoms with E-state index in [2.05, 4.69) is 10.1 Å². The summed E-state index contributed by atoms with van der Waals surface area (Å²) < 4.78 is 49.9. The fourth-order valence-corrected chi connectivity index (χ4v) is 6.13. The number of amides is 1. The molecule has 0 saturated carbocycles. The van der Waals surface area contributed by atoms with Crippen molar-refractivity contribution in [2.24, 2.45) is 11.7 Å². The number of hydrogen-bond donors (Lipinski definition) is 3. The Morgan fingerprint density at radius 2 is 1.90 bits per heavy atom. The van der Waals surface area contributed by atoms with Gasteiger partial charge in [-0.2, -0.15) is 5.09 Å². The fourth-order valence-electron chi connectivity index (χ4n) is 4.62. The number of hydrogen-bond acceptors (Lipinski definition) is 11. The Labute approximate surface area is 231 Å². The van der Waals surface area contributed by atoms with Gasteiger partial charge >= 0.3 is 13.7 Å². The van der Waals surface area contributed by atoms with Crippen LogP contribution in [0.15, 0.2) is 36.7 Å². The smallest absolute Gasteiger partial charge is 0.459 e. The monoisotopic (exact) mass is 582 g/mol. The van der Waals surface area contributed by atoms with Crippen LogP contribution in [0.1, 0.15) is 50.8 Å². The first-order valence-corrected chi connectivity index (χ1v) is 14.3. The third-order valence-electron chi connectivity index (χ3n) is 6.28. The SMILES string of the molecule is COC(=O)[C@H](CC(C)C)NP(=O)(OC[C@H]1O[C@@H](n2cnc(C(N)=O)c2O)[C@@H]2OC(C)(C)OC21)Oc1ccccc1. The Balaban J connectivity index is 1.58. The molecule has 15 heteroatoms. The van der Waals surface area contributed by atoms with Crippen molar-refractivity contribution in [3.05, 3.63) is 42.4 Å². The lowest BCUT2D eigenvalue weighted by molar-refractivity contribution is -0.200. The average molecular weight is 583 g/mol. The molecule has 0 aliphatic carbocycles. The molecule has 2 aliphatic rings. The Morgan fingerprint density at radius 3 is 2.50 bits per heavy atom. The number of aromatic hydroxyl groups is 1. The van der Waals surface area contributed by atoms with Gasteiger partial charge in [-0.3, -0.25) is 18.7 Å². The zero-order valence-electron chi connectivity index (χ0n) is 22.9. The van der Waals surface area contributed by atoms with Crippen molar-refractivity contribution in [1.29, 1.82) is 0 Å². The van der Waals surface area contributed by atoms with Crippen LogP contribution in [-0.4, -0.2) is 70.4 Å². The van der Waals surface area contributed by atoms with E-state index in [0.717, 1.165) is 0 Å². The summed E-state index contributed by atoms with van der Waals surface area (Å²) in [6, 6.07) is 7.38. The van der Waals surface area contributed by atoms with Crippen LogP contribution in [0.5, 0.6) is 11.6 Å². The first-order chi connectivity index (χ1) is 18.8. The summed E-state index contributed by atoms with van der Waals surface area (Å²) in [6.07, 6.45) is -1.82. The van der Waals surface area contributed by atoms with Crippen molar-refractivity contribution < 1.29 is 47.3 Å². The minimum absolute atomic E-state index is 0.0564. The van der Waals surface area contributed by atoms with E-state index in [1.807, 2.05) is 13.8 Å². The molecule has 0 spiro atoms. The van der Waals surface area contributed by atoms with E-state index in [9.17, 15) is 19.3 Å². The summed E-state index contributed by atoms with van der Waals surface area (Å²) in [4.78, 5) is 28.0. The number of para-hydroxylation sites is 1. The number of rotatable bonds is 12. The molecule has 0 radical (unpaired) electrons. The minimum atomic E-state index is -4.21. The number of benzene rings is 1. The minimum Gasteiger partial charge on any atom is -0.493 e. The third-order valence-corrected chi connectivity index (χ3v) is 7.85. The largest absolute Gasteiger partial charge is 0.493 e.